The molecule has 1 aromatic heterocycles. The Bertz CT molecular complexity index is 1900. The van der Waals surface area contributed by atoms with Gasteiger partial charge in [-0.25, -0.2) is 9.37 Å². The van der Waals surface area contributed by atoms with Gasteiger partial charge in [-0.2, -0.15) is 5.48 Å². The van der Waals surface area contributed by atoms with Crippen molar-refractivity contribution in [3.8, 4) is 10.9 Å². The van der Waals surface area contributed by atoms with Gasteiger partial charge in [-0.3, -0.25) is 14.4 Å². The Kier molecular flexibility index (Phi) is 10.2. The highest BCUT2D eigenvalue weighted by Crippen LogP contribution is 2.57. The number of allylic oxidation sites excluding steroid dienone is 2. The minimum atomic E-state index is -0.983. The van der Waals surface area contributed by atoms with Crippen LogP contribution in [0.1, 0.15) is 56.9 Å². The number of aromatic nitrogens is 1. The van der Waals surface area contributed by atoms with Crippen LogP contribution in [0, 0.1) is 23.1 Å². The number of ether oxygens (including phenoxy) is 1. The topological polar surface area (TPSA) is 97.8 Å². The number of halogens is 2. The quantitative estimate of drug-likeness (QED) is 0.154. The Morgan fingerprint density at radius 3 is 2.76 bits per heavy atom. The van der Waals surface area contributed by atoms with E-state index in [4.69, 9.17) is 21.2 Å². The number of carbonyl (C=O) groups excluding carboxylic acids is 3. The van der Waals surface area contributed by atoms with Crippen molar-refractivity contribution in [1.29, 1.82) is 0 Å². The Hall–Kier alpha value is -4.28. The first-order valence-corrected chi connectivity index (χ1v) is 18.5. The predicted molar refractivity (Wildman–Crippen MR) is 190 cm³/mol. The average Bonchev–Trinajstić information content (AvgIpc) is 3.40. The minimum Gasteiger partial charge on any atom is -0.465 e. The second-order valence-corrected chi connectivity index (χ2v) is 15.1. The number of Topliss-reactive ketones (excluding diaryl/α,β-unsaturated/α-hetero) is 1. The van der Waals surface area contributed by atoms with Crippen molar-refractivity contribution >= 4 is 50.8 Å². The molecule has 0 unspecified atom stereocenters. The van der Waals surface area contributed by atoms with E-state index < -0.39 is 23.5 Å². The summed E-state index contributed by atoms with van der Waals surface area (Å²) in [6, 6.07) is 20.0. The number of hydrogen-bond acceptors (Lipinski definition) is 7. The Morgan fingerprint density at radius 1 is 1.06 bits per heavy atom. The smallest absolute Gasteiger partial charge is 0.274 e. The number of carbonyl (C=O) groups is 3. The predicted octanol–water partition coefficient (Wildman–Crippen LogP) is 7.89. The van der Waals surface area contributed by atoms with E-state index in [-0.39, 0.29) is 48.7 Å². The van der Waals surface area contributed by atoms with Crippen molar-refractivity contribution in [2.45, 2.75) is 69.9 Å². The maximum absolute atomic E-state index is 14.5. The first kappa shape index (κ1) is 34.2. The molecular formula is C39H39ClFN3O5S. The third kappa shape index (κ3) is 7.71. The molecule has 3 aliphatic rings. The Labute approximate surface area is 299 Å². The van der Waals surface area contributed by atoms with Crippen LogP contribution >= 0.6 is 22.9 Å². The van der Waals surface area contributed by atoms with Crippen LogP contribution in [0.4, 0.5) is 4.39 Å². The highest BCUT2D eigenvalue weighted by molar-refractivity contribution is 7.20. The second-order valence-electron chi connectivity index (χ2n) is 13.6. The van der Waals surface area contributed by atoms with Crippen LogP contribution in [0.25, 0.3) is 10.2 Å². The van der Waals surface area contributed by atoms with Crippen LogP contribution < -0.4 is 15.1 Å². The second kappa shape index (κ2) is 14.9. The van der Waals surface area contributed by atoms with Gasteiger partial charge in [-0.05, 0) is 86.1 Å². The molecule has 2 fully saturated rings. The van der Waals surface area contributed by atoms with E-state index in [1.165, 1.54) is 23.5 Å². The molecule has 5 atom stereocenters. The summed E-state index contributed by atoms with van der Waals surface area (Å²) in [5, 5.41) is 1.04. The van der Waals surface area contributed by atoms with Crippen LogP contribution in [0.15, 0.2) is 84.9 Å². The maximum Gasteiger partial charge on any atom is 0.274 e. The van der Waals surface area contributed by atoms with Gasteiger partial charge in [0, 0.05) is 23.8 Å². The normalized spacial score (nSPS) is 26.3. The van der Waals surface area contributed by atoms with Gasteiger partial charge in [0.1, 0.15) is 11.9 Å². The third-order valence-electron chi connectivity index (χ3n) is 10.1. The lowest BCUT2D eigenvalue weighted by molar-refractivity contribution is -0.143. The lowest BCUT2D eigenvalue weighted by atomic mass is 9.90. The van der Waals surface area contributed by atoms with Gasteiger partial charge in [0.2, 0.25) is 5.91 Å². The number of nitrogens with zero attached hydrogens (tertiary/aromatic N) is 2. The zero-order chi connectivity index (χ0) is 34.7. The van der Waals surface area contributed by atoms with E-state index in [0.717, 1.165) is 41.5 Å². The van der Waals surface area contributed by atoms with Crippen LogP contribution in [0.3, 0.4) is 0 Å². The fraction of sp³-hybridized carbons (Fsp3) is 0.385. The summed E-state index contributed by atoms with van der Waals surface area (Å²) in [4.78, 5) is 54.6. The Balaban J connectivity index is 1.16. The number of benzene rings is 3. The first-order chi connectivity index (χ1) is 24.3. The summed E-state index contributed by atoms with van der Waals surface area (Å²) in [5.41, 5.74) is 3.11. The molecule has 3 heterocycles. The van der Waals surface area contributed by atoms with Crippen LogP contribution in [0.2, 0.25) is 5.02 Å². The zero-order valence-electron chi connectivity index (χ0n) is 27.6. The van der Waals surface area contributed by atoms with Gasteiger partial charge in [0.15, 0.2) is 11.5 Å². The molecule has 1 saturated heterocycles. The lowest BCUT2D eigenvalue weighted by Crippen LogP contribution is -2.46. The van der Waals surface area contributed by atoms with Crippen molar-refractivity contribution in [1.82, 2.24) is 15.4 Å². The molecule has 1 aliphatic carbocycles. The lowest BCUT2D eigenvalue weighted by Gasteiger charge is -2.29. The largest absolute Gasteiger partial charge is 0.465 e. The number of hydroxylamine groups is 1. The molecule has 260 valence electrons. The molecular weight excluding hydrogens is 677 g/mol. The third-order valence-corrected chi connectivity index (χ3v) is 11.3. The molecule has 1 N–H and O–H groups in total. The molecule has 1 saturated carbocycles. The number of fused-ring (bicyclic) bond motifs is 3. The number of ketones is 1. The molecule has 0 bridgehead atoms. The maximum atomic E-state index is 14.5. The summed E-state index contributed by atoms with van der Waals surface area (Å²) in [7, 11) is 0. The number of nitrogens with one attached hydrogen (secondary N) is 1. The van der Waals surface area contributed by atoms with Gasteiger partial charge >= 0.3 is 0 Å². The van der Waals surface area contributed by atoms with E-state index in [1.807, 2.05) is 36.4 Å². The molecule has 2 amide bonds. The molecule has 11 heteroatoms. The van der Waals surface area contributed by atoms with E-state index >= 15 is 0 Å². The van der Waals surface area contributed by atoms with Crippen molar-refractivity contribution in [2.24, 2.45) is 17.3 Å². The molecule has 7 rings (SSSR count). The number of rotatable bonds is 7. The SMILES string of the molecule is O=C1C[C@]2(C(=O)NOc3ccccc3)C[C@H]2/C=C\CCCCC[C@H](Cc2cccc(F)c2)C(=O)N2C[C@H](Oc3nc4ccc(Cl)cc4s3)C[C@@H]12. The van der Waals surface area contributed by atoms with Crippen LogP contribution in [0.5, 0.6) is 10.9 Å². The number of amides is 2. The van der Waals surface area contributed by atoms with E-state index in [9.17, 15) is 18.8 Å². The van der Waals surface area contributed by atoms with Crippen molar-refractivity contribution in [2.75, 3.05) is 6.54 Å². The Morgan fingerprint density at radius 2 is 1.92 bits per heavy atom. The highest BCUT2D eigenvalue weighted by atomic mass is 35.5. The monoisotopic (exact) mass is 715 g/mol. The molecule has 4 aromatic rings. The van der Waals surface area contributed by atoms with Gasteiger partial charge in [0.05, 0.1) is 28.2 Å². The van der Waals surface area contributed by atoms with E-state index in [1.54, 1.807) is 29.2 Å². The molecule has 50 heavy (non-hydrogen) atoms. The standard InChI is InChI=1S/C39H39ClFN3O5S/c40-28-16-17-32-35(20-28)50-38(42-32)48-31-21-33-34(45)23-39(37(47)43-49-30-14-7-4-8-15-30)22-27(39)12-6-3-1-2-5-11-26(36(46)44(33)24-31)18-25-10-9-13-29(41)19-25/h4,6-10,12-17,19-20,26-27,31,33H,1-3,5,11,18,21-24H2,(H,43,47)/b12-6-/t26-,27-,31-,33+,39-/m1/s1. The van der Waals surface area contributed by atoms with Gasteiger partial charge < -0.3 is 14.5 Å². The number of para-hydroxylation sites is 1. The van der Waals surface area contributed by atoms with E-state index in [0.29, 0.717) is 35.2 Å². The summed E-state index contributed by atoms with van der Waals surface area (Å²) >= 11 is 7.56. The molecule has 3 aromatic carbocycles. The molecule has 2 aliphatic heterocycles. The minimum absolute atomic E-state index is 0.0403. The van der Waals surface area contributed by atoms with Crippen LogP contribution in [-0.4, -0.2) is 46.2 Å². The highest BCUT2D eigenvalue weighted by Gasteiger charge is 2.61. The van der Waals surface area contributed by atoms with Crippen molar-refractivity contribution in [3.05, 3.63) is 101 Å². The van der Waals surface area contributed by atoms with Gasteiger partial charge in [0.25, 0.3) is 11.1 Å². The van der Waals surface area contributed by atoms with Crippen LogP contribution in [-0.2, 0) is 20.8 Å². The van der Waals surface area contributed by atoms with Crippen molar-refractivity contribution < 1.29 is 28.3 Å². The first-order valence-electron chi connectivity index (χ1n) is 17.3. The summed E-state index contributed by atoms with van der Waals surface area (Å²) in [6.07, 6.45) is 8.94. The van der Waals surface area contributed by atoms with Gasteiger partial charge in [-0.15, -0.1) is 0 Å². The fourth-order valence-electron chi connectivity index (χ4n) is 7.34. The fourth-order valence-corrected chi connectivity index (χ4v) is 8.50. The molecule has 8 nitrogen and oxygen atoms in total. The van der Waals surface area contributed by atoms with Crippen molar-refractivity contribution in [3.63, 3.8) is 0 Å². The molecule has 0 radical (unpaired) electrons. The summed E-state index contributed by atoms with van der Waals surface area (Å²) in [5.74, 6) is -1.12. The zero-order valence-corrected chi connectivity index (χ0v) is 29.1. The number of thiazole rings is 1. The number of hydrogen-bond donors (Lipinski definition) is 1. The average molecular weight is 716 g/mol. The molecule has 0 spiro atoms. The van der Waals surface area contributed by atoms with E-state index in [2.05, 4.69) is 22.6 Å². The summed E-state index contributed by atoms with van der Waals surface area (Å²) < 4.78 is 21.4. The summed E-state index contributed by atoms with van der Waals surface area (Å²) in [6.45, 7) is 0.200. The van der Waals surface area contributed by atoms with Gasteiger partial charge in [-0.1, -0.05) is 78.3 Å².